The Balaban J connectivity index is 1.82. The average molecular weight is 251 g/mol. The SMILES string of the molecule is CC(C)c1cc(NC(=O)NC2CCCCC2)no1. The van der Waals surface area contributed by atoms with Gasteiger partial charge >= 0.3 is 6.03 Å². The number of rotatable bonds is 3. The summed E-state index contributed by atoms with van der Waals surface area (Å²) in [6, 6.07) is 1.88. The van der Waals surface area contributed by atoms with Crippen LogP contribution in [0.3, 0.4) is 0 Å². The molecule has 0 unspecified atom stereocenters. The molecule has 5 heteroatoms. The van der Waals surface area contributed by atoms with Crippen molar-refractivity contribution >= 4 is 11.8 Å². The Morgan fingerprint density at radius 1 is 1.39 bits per heavy atom. The second kappa shape index (κ2) is 5.89. The van der Waals surface area contributed by atoms with Crippen LogP contribution < -0.4 is 10.6 Å². The van der Waals surface area contributed by atoms with Crippen molar-refractivity contribution in [1.82, 2.24) is 10.5 Å². The van der Waals surface area contributed by atoms with Crippen LogP contribution in [0.4, 0.5) is 10.6 Å². The minimum atomic E-state index is -0.189. The molecule has 5 nitrogen and oxygen atoms in total. The summed E-state index contributed by atoms with van der Waals surface area (Å²) in [6.45, 7) is 4.04. The molecule has 0 bridgehead atoms. The van der Waals surface area contributed by atoms with Crippen LogP contribution in [-0.4, -0.2) is 17.2 Å². The van der Waals surface area contributed by atoms with E-state index in [9.17, 15) is 4.79 Å². The zero-order valence-electron chi connectivity index (χ0n) is 11.0. The second-order valence-electron chi connectivity index (χ2n) is 5.20. The van der Waals surface area contributed by atoms with Crippen molar-refractivity contribution in [2.45, 2.75) is 57.9 Å². The maximum absolute atomic E-state index is 11.8. The van der Waals surface area contributed by atoms with Crippen molar-refractivity contribution in [2.24, 2.45) is 0 Å². The number of carbonyl (C=O) groups excluding carboxylic acids is 1. The minimum absolute atomic E-state index is 0.189. The highest BCUT2D eigenvalue weighted by Crippen LogP contribution is 2.19. The zero-order valence-corrected chi connectivity index (χ0v) is 11.0. The number of hydrogen-bond donors (Lipinski definition) is 2. The number of amides is 2. The van der Waals surface area contributed by atoms with Crippen LogP contribution in [0.15, 0.2) is 10.6 Å². The first-order valence-electron chi connectivity index (χ1n) is 6.69. The number of hydrogen-bond acceptors (Lipinski definition) is 3. The molecule has 0 aliphatic heterocycles. The molecule has 1 heterocycles. The first-order chi connectivity index (χ1) is 8.65. The highest BCUT2D eigenvalue weighted by atomic mass is 16.5. The van der Waals surface area contributed by atoms with Gasteiger partial charge in [0.05, 0.1) is 0 Å². The van der Waals surface area contributed by atoms with Gasteiger partial charge in [-0.05, 0) is 12.8 Å². The molecule has 1 aromatic rings. The molecule has 0 radical (unpaired) electrons. The summed E-state index contributed by atoms with van der Waals surface area (Å²) in [5, 5.41) is 9.51. The van der Waals surface area contributed by atoms with Crippen molar-refractivity contribution in [3.05, 3.63) is 11.8 Å². The van der Waals surface area contributed by atoms with Gasteiger partial charge in [-0.3, -0.25) is 5.32 Å². The lowest BCUT2D eigenvalue weighted by atomic mass is 9.96. The number of aromatic nitrogens is 1. The fraction of sp³-hybridized carbons (Fsp3) is 0.692. The van der Waals surface area contributed by atoms with E-state index in [0.717, 1.165) is 18.6 Å². The maximum Gasteiger partial charge on any atom is 0.320 e. The van der Waals surface area contributed by atoms with E-state index in [0.29, 0.717) is 11.9 Å². The van der Waals surface area contributed by atoms with Gasteiger partial charge in [-0.15, -0.1) is 0 Å². The number of nitrogens with zero attached hydrogens (tertiary/aromatic N) is 1. The summed E-state index contributed by atoms with van der Waals surface area (Å²) in [4.78, 5) is 11.8. The van der Waals surface area contributed by atoms with E-state index in [4.69, 9.17) is 4.52 Å². The summed E-state index contributed by atoms with van der Waals surface area (Å²) in [5.41, 5.74) is 0. The number of carbonyl (C=O) groups is 1. The van der Waals surface area contributed by atoms with Crippen molar-refractivity contribution < 1.29 is 9.32 Å². The second-order valence-corrected chi connectivity index (χ2v) is 5.20. The van der Waals surface area contributed by atoms with E-state index < -0.39 is 0 Å². The molecule has 0 saturated heterocycles. The lowest BCUT2D eigenvalue weighted by molar-refractivity contribution is 0.244. The Morgan fingerprint density at radius 3 is 2.72 bits per heavy atom. The Bertz CT molecular complexity index is 395. The Hall–Kier alpha value is -1.52. The van der Waals surface area contributed by atoms with Crippen LogP contribution >= 0.6 is 0 Å². The summed E-state index contributed by atoms with van der Waals surface area (Å²) in [7, 11) is 0. The van der Waals surface area contributed by atoms with E-state index in [-0.39, 0.29) is 11.9 Å². The summed E-state index contributed by atoms with van der Waals surface area (Å²) in [5.74, 6) is 1.53. The minimum Gasteiger partial charge on any atom is -0.359 e. The Labute approximate surface area is 107 Å². The molecule has 2 amide bonds. The van der Waals surface area contributed by atoms with Crippen LogP contribution in [0.2, 0.25) is 0 Å². The fourth-order valence-corrected chi connectivity index (χ4v) is 2.21. The van der Waals surface area contributed by atoms with E-state index >= 15 is 0 Å². The Morgan fingerprint density at radius 2 is 2.11 bits per heavy atom. The summed E-state index contributed by atoms with van der Waals surface area (Å²) >= 11 is 0. The molecule has 2 rings (SSSR count). The maximum atomic E-state index is 11.8. The smallest absolute Gasteiger partial charge is 0.320 e. The molecule has 1 fully saturated rings. The standard InChI is InChI=1S/C13H21N3O2/c1-9(2)11-8-12(16-18-11)15-13(17)14-10-6-4-3-5-7-10/h8-10H,3-7H2,1-2H3,(H2,14,15,16,17). The van der Waals surface area contributed by atoms with Gasteiger partial charge in [-0.1, -0.05) is 38.3 Å². The molecule has 1 saturated carbocycles. The first kappa shape index (κ1) is 12.9. The topological polar surface area (TPSA) is 67.2 Å². The lowest BCUT2D eigenvalue weighted by Crippen LogP contribution is -2.39. The van der Waals surface area contributed by atoms with E-state index in [1.54, 1.807) is 6.07 Å². The number of nitrogens with one attached hydrogen (secondary N) is 2. The highest BCUT2D eigenvalue weighted by molar-refractivity contribution is 5.88. The largest absolute Gasteiger partial charge is 0.359 e. The molecule has 1 aliphatic rings. The van der Waals surface area contributed by atoms with Crippen LogP contribution in [0.1, 0.15) is 57.6 Å². The van der Waals surface area contributed by atoms with Crippen molar-refractivity contribution in [2.75, 3.05) is 5.32 Å². The molecule has 100 valence electrons. The predicted molar refractivity (Wildman–Crippen MR) is 69.6 cm³/mol. The summed E-state index contributed by atoms with van der Waals surface area (Å²) < 4.78 is 5.12. The van der Waals surface area contributed by atoms with Gasteiger partial charge in [0.15, 0.2) is 5.82 Å². The van der Waals surface area contributed by atoms with Crippen LogP contribution in [0.25, 0.3) is 0 Å². The van der Waals surface area contributed by atoms with Crippen LogP contribution in [0.5, 0.6) is 0 Å². The van der Waals surface area contributed by atoms with Gasteiger partial charge in [0.1, 0.15) is 5.76 Å². The van der Waals surface area contributed by atoms with Gasteiger partial charge in [-0.2, -0.15) is 0 Å². The van der Waals surface area contributed by atoms with Gasteiger partial charge in [0.25, 0.3) is 0 Å². The molecule has 0 atom stereocenters. The Kier molecular flexibility index (Phi) is 4.23. The van der Waals surface area contributed by atoms with E-state index in [2.05, 4.69) is 15.8 Å². The van der Waals surface area contributed by atoms with Crippen molar-refractivity contribution in [1.29, 1.82) is 0 Å². The number of urea groups is 1. The zero-order chi connectivity index (χ0) is 13.0. The first-order valence-corrected chi connectivity index (χ1v) is 6.69. The molecule has 1 aromatic heterocycles. The van der Waals surface area contributed by atoms with Gasteiger partial charge in [-0.25, -0.2) is 4.79 Å². The van der Waals surface area contributed by atoms with Crippen LogP contribution in [0, 0.1) is 0 Å². The molecule has 18 heavy (non-hydrogen) atoms. The molecule has 2 N–H and O–H groups in total. The fourth-order valence-electron chi connectivity index (χ4n) is 2.21. The third kappa shape index (κ3) is 3.48. The lowest BCUT2D eigenvalue weighted by Gasteiger charge is -2.22. The summed E-state index contributed by atoms with van der Waals surface area (Å²) in [6.07, 6.45) is 5.83. The van der Waals surface area contributed by atoms with Crippen LogP contribution in [-0.2, 0) is 0 Å². The monoisotopic (exact) mass is 251 g/mol. The third-order valence-electron chi connectivity index (χ3n) is 3.28. The molecular formula is C13H21N3O2. The number of anilines is 1. The van der Waals surface area contributed by atoms with E-state index in [1.807, 2.05) is 13.8 Å². The van der Waals surface area contributed by atoms with Gasteiger partial charge in [0, 0.05) is 18.0 Å². The van der Waals surface area contributed by atoms with Gasteiger partial charge in [0.2, 0.25) is 0 Å². The molecule has 1 aliphatic carbocycles. The average Bonchev–Trinajstić information content (AvgIpc) is 2.78. The molecular weight excluding hydrogens is 230 g/mol. The highest BCUT2D eigenvalue weighted by Gasteiger charge is 2.16. The van der Waals surface area contributed by atoms with Gasteiger partial charge < -0.3 is 9.84 Å². The predicted octanol–water partition coefficient (Wildman–Crippen LogP) is 3.25. The molecule has 0 aromatic carbocycles. The van der Waals surface area contributed by atoms with Crippen molar-refractivity contribution in [3.63, 3.8) is 0 Å². The van der Waals surface area contributed by atoms with Crippen molar-refractivity contribution in [3.8, 4) is 0 Å². The quantitative estimate of drug-likeness (QED) is 0.866. The molecule has 0 spiro atoms. The third-order valence-corrected chi connectivity index (χ3v) is 3.28. The normalized spacial score (nSPS) is 16.8. The van der Waals surface area contributed by atoms with E-state index in [1.165, 1.54) is 19.3 Å².